The van der Waals surface area contributed by atoms with Crippen LogP contribution in [-0.4, -0.2) is 26.6 Å². The van der Waals surface area contributed by atoms with Gasteiger partial charge in [0, 0.05) is 23.1 Å². The van der Waals surface area contributed by atoms with Gasteiger partial charge in [-0.25, -0.2) is 12.8 Å². The molecule has 1 aliphatic carbocycles. The van der Waals surface area contributed by atoms with Gasteiger partial charge in [0.1, 0.15) is 5.82 Å². The number of halogens is 1. The van der Waals surface area contributed by atoms with E-state index in [0.29, 0.717) is 12.2 Å². The zero-order valence-corrected chi connectivity index (χ0v) is 15.4. The first kappa shape index (κ1) is 17.4. The molecule has 5 nitrogen and oxygen atoms in total. The summed E-state index contributed by atoms with van der Waals surface area (Å²) in [5, 5.41) is 0. The van der Waals surface area contributed by atoms with E-state index in [1.165, 1.54) is 30.3 Å². The predicted octanol–water partition coefficient (Wildman–Crippen LogP) is 3.48. The van der Waals surface area contributed by atoms with E-state index in [4.69, 9.17) is 0 Å². The smallest absolute Gasteiger partial charge is 0.261 e. The number of carbonyl (C=O) groups excluding carboxylic acids is 1. The average molecular weight is 392 g/mol. The first-order chi connectivity index (χ1) is 12.4. The first-order valence-electron chi connectivity index (χ1n) is 8.31. The lowest BCUT2D eigenvalue weighted by molar-refractivity contribution is -0.119. The van der Waals surface area contributed by atoms with Crippen molar-refractivity contribution >= 4 is 39.1 Å². The summed E-state index contributed by atoms with van der Waals surface area (Å²) in [6.45, 7) is 0.577. The van der Waals surface area contributed by atoms with Gasteiger partial charge in [-0.2, -0.15) is 0 Å². The molecule has 1 fully saturated rings. The lowest BCUT2D eigenvalue weighted by atomic mass is 10.2. The molecule has 0 radical (unpaired) electrons. The number of amides is 1. The number of nitrogens with one attached hydrogen (secondary N) is 1. The van der Waals surface area contributed by atoms with Crippen molar-refractivity contribution in [3.05, 3.63) is 48.3 Å². The summed E-state index contributed by atoms with van der Waals surface area (Å²) in [6, 6.07) is 10.1. The molecule has 2 aliphatic rings. The molecule has 1 N–H and O–H groups in total. The van der Waals surface area contributed by atoms with E-state index in [9.17, 15) is 17.6 Å². The van der Waals surface area contributed by atoms with E-state index in [2.05, 4.69) is 4.72 Å². The molecule has 0 unspecified atom stereocenters. The van der Waals surface area contributed by atoms with Gasteiger partial charge in [-0.15, -0.1) is 11.8 Å². The molecule has 8 heteroatoms. The van der Waals surface area contributed by atoms with E-state index in [1.807, 2.05) is 0 Å². The highest BCUT2D eigenvalue weighted by Gasteiger charge is 2.36. The van der Waals surface area contributed by atoms with Gasteiger partial charge < -0.3 is 4.90 Å². The minimum absolute atomic E-state index is 0.0524. The van der Waals surface area contributed by atoms with Gasteiger partial charge in [-0.05, 0) is 49.2 Å². The van der Waals surface area contributed by atoms with Crippen LogP contribution in [0.15, 0.2) is 52.3 Å². The van der Waals surface area contributed by atoms with Gasteiger partial charge >= 0.3 is 0 Å². The third-order valence-electron chi connectivity index (χ3n) is 4.37. The van der Waals surface area contributed by atoms with Crippen molar-refractivity contribution in [3.8, 4) is 0 Å². The molecule has 1 aliphatic heterocycles. The highest BCUT2D eigenvalue weighted by molar-refractivity contribution is 7.99. The summed E-state index contributed by atoms with van der Waals surface area (Å²) in [6.07, 6.45) is 1.80. The van der Waals surface area contributed by atoms with Crippen LogP contribution in [-0.2, 0) is 14.8 Å². The Morgan fingerprint density at radius 1 is 1.19 bits per heavy atom. The molecule has 4 rings (SSSR count). The van der Waals surface area contributed by atoms with Crippen LogP contribution >= 0.6 is 11.8 Å². The number of rotatable bonds is 4. The van der Waals surface area contributed by atoms with Gasteiger partial charge in [0.2, 0.25) is 5.91 Å². The number of fused-ring (bicyclic) bond motifs is 1. The van der Waals surface area contributed by atoms with Crippen molar-refractivity contribution in [1.29, 1.82) is 0 Å². The summed E-state index contributed by atoms with van der Waals surface area (Å²) in [5.74, 6) is 0.406. The summed E-state index contributed by atoms with van der Waals surface area (Å²) in [4.78, 5) is 15.2. The number of hydrogen-bond acceptors (Lipinski definition) is 4. The third-order valence-corrected chi connectivity index (χ3v) is 6.80. The Hall–Kier alpha value is -2.06. The van der Waals surface area contributed by atoms with Crippen LogP contribution < -0.4 is 9.62 Å². The van der Waals surface area contributed by atoms with Crippen LogP contribution in [0.2, 0.25) is 0 Å². The second-order valence-corrected chi connectivity index (χ2v) is 9.18. The molecular formula is C18H17FN2O3S2. The number of nitrogens with zero attached hydrogens (tertiary/aromatic N) is 1. The van der Waals surface area contributed by atoms with Crippen LogP contribution in [0.4, 0.5) is 15.8 Å². The molecule has 1 heterocycles. The van der Waals surface area contributed by atoms with Crippen molar-refractivity contribution in [2.75, 3.05) is 21.9 Å². The van der Waals surface area contributed by atoms with Crippen LogP contribution in [0, 0.1) is 11.7 Å². The summed E-state index contributed by atoms with van der Waals surface area (Å²) in [7, 11) is -3.88. The Labute approximate surface area is 155 Å². The maximum atomic E-state index is 13.3. The van der Waals surface area contributed by atoms with E-state index in [1.54, 1.807) is 22.7 Å². The highest BCUT2D eigenvalue weighted by Crippen LogP contribution is 2.40. The van der Waals surface area contributed by atoms with Crippen molar-refractivity contribution in [2.45, 2.75) is 22.6 Å². The Bertz CT molecular complexity index is 974. The maximum Gasteiger partial charge on any atom is 0.261 e. The van der Waals surface area contributed by atoms with E-state index in [0.717, 1.165) is 29.6 Å². The maximum absolute atomic E-state index is 13.3. The minimum atomic E-state index is -3.88. The van der Waals surface area contributed by atoms with Gasteiger partial charge in [-0.3, -0.25) is 9.52 Å². The lowest BCUT2D eigenvalue weighted by Crippen LogP contribution is -2.36. The fourth-order valence-corrected chi connectivity index (χ4v) is 4.95. The highest BCUT2D eigenvalue weighted by atomic mass is 32.2. The SMILES string of the molecule is O=C(C1CC1)N1CCSc2ccc(S(=O)(=O)Nc3cccc(F)c3)cc21. The number of anilines is 2. The molecule has 26 heavy (non-hydrogen) atoms. The molecule has 0 saturated heterocycles. The van der Waals surface area contributed by atoms with Crippen molar-refractivity contribution < 1.29 is 17.6 Å². The van der Waals surface area contributed by atoms with Gasteiger partial charge in [0.05, 0.1) is 16.3 Å². The quantitative estimate of drug-likeness (QED) is 0.865. The largest absolute Gasteiger partial charge is 0.310 e. The molecule has 0 aromatic heterocycles. The third kappa shape index (κ3) is 3.43. The Morgan fingerprint density at radius 3 is 2.73 bits per heavy atom. The first-order valence-corrected chi connectivity index (χ1v) is 10.8. The zero-order valence-electron chi connectivity index (χ0n) is 13.8. The Morgan fingerprint density at radius 2 is 2.00 bits per heavy atom. The summed E-state index contributed by atoms with van der Waals surface area (Å²) < 4.78 is 41.0. The van der Waals surface area contributed by atoms with Gasteiger partial charge in [0.25, 0.3) is 10.0 Å². The Balaban J connectivity index is 1.67. The van der Waals surface area contributed by atoms with Crippen molar-refractivity contribution in [2.24, 2.45) is 5.92 Å². The number of thioether (sulfide) groups is 1. The van der Waals surface area contributed by atoms with E-state index in [-0.39, 0.29) is 22.4 Å². The van der Waals surface area contributed by atoms with E-state index < -0.39 is 15.8 Å². The topological polar surface area (TPSA) is 66.5 Å². The second kappa shape index (κ2) is 6.59. The van der Waals surface area contributed by atoms with Gasteiger partial charge in [0.15, 0.2) is 0 Å². The fourth-order valence-electron chi connectivity index (χ4n) is 2.91. The predicted molar refractivity (Wildman–Crippen MR) is 99.5 cm³/mol. The average Bonchev–Trinajstić information content (AvgIpc) is 3.45. The number of sulfonamides is 1. The molecule has 136 valence electrons. The van der Waals surface area contributed by atoms with Crippen molar-refractivity contribution in [1.82, 2.24) is 0 Å². The molecule has 1 saturated carbocycles. The lowest BCUT2D eigenvalue weighted by Gasteiger charge is -2.29. The molecular weight excluding hydrogens is 375 g/mol. The standard InChI is InChI=1S/C18H17FN2O3S2/c19-13-2-1-3-14(10-13)20-26(23,24)15-6-7-17-16(11-15)21(8-9-25-17)18(22)12-4-5-12/h1-3,6-7,10-12,20H,4-5,8-9H2. The molecule has 1 amide bonds. The van der Waals surface area contributed by atoms with Crippen LogP contribution in [0.5, 0.6) is 0 Å². The summed E-state index contributed by atoms with van der Waals surface area (Å²) >= 11 is 1.61. The van der Waals surface area contributed by atoms with E-state index >= 15 is 0 Å². The van der Waals surface area contributed by atoms with Crippen LogP contribution in [0.3, 0.4) is 0 Å². The number of benzene rings is 2. The Kier molecular flexibility index (Phi) is 4.40. The summed E-state index contributed by atoms with van der Waals surface area (Å²) in [5.41, 5.74) is 0.795. The fraction of sp³-hybridized carbons (Fsp3) is 0.278. The van der Waals surface area contributed by atoms with Crippen LogP contribution in [0.1, 0.15) is 12.8 Å². The number of hydrogen-bond donors (Lipinski definition) is 1. The molecule has 0 bridgehead atoms. The van der Waals surface area contributed by atoms with Crippen LogP contribution in [0.25, 0.3) is 0 Å². The van der Waals surface area contributed by atoms with Crippen molar-refractivity contribution in [3.63, 3.8) is 0 Å². The zero-order chi connectivity index (χ0) is 18.3. The monoisotopic (exact) mass is 392 g/mol. The molecule has 0 spiro atoms. The molecule has 0 atom stereocenters. The van der Waals surface area contributed by atoms with Gasteiger partial charge in [-0.1, -0.05) is 6.07 Å². The number of carbonyl (C=O) groups is 1. The minimum Gasteiger partial charge on any atom is -0.310 e. The molecule has 2 aromatic rings. The second-order valence-electron chi connectivity index (χ2n) is 6.36. The normalized spacial score (nSPS) is 16.9. The molecule has 2 aromatic carbocycles.